The lowest BCUT2D eigenvalue weighted by Gasteiger charge is -2.20. The molecule has 0 unspecified atom stereocenters. The molecule has 0 bridgehead atoms. The topological polar surface area (TPSA) is 121 Å². The van der Waals surface area contributed by atoms with E-state index < -0.39 is 41.0 Å². The van der Waals surface area contributed by atoms with Crippen molar-refractivity contribution in [3.63, 3.8) is 0 Å². The Morgan fingerprint density at radius 2 is 1.94 bits per heavy atom. The Hall–Kier alpha value is -4.21. The Labute approximate surface area is 187 Å². The summed E-state index contributed by atoms with van der Waals surface area (Å²) in [6.45, 7) is 1.77. The molecule has 0 aliphatic heterocycles. The zero-order valence-electron chi connectivity index (χ0n) is 17.5. The Balaban J connectivity index is 1.90. The van der Waals surface area contributed by atoms with Crippen LogP contribution >= 0.6 is 0 Å². The van der Waals surface area contributed by atoms with E-state index in [-0.39, 0.29) is 24.3 Å². The van der Waals surface area contributed by atoms with Gasteiger partial charge in [-0.15, -0.1) is 0 Å². The van der Waals surface area contributed by atoms with Gasteiger partial charge in [0.1, 0.15) is 17.4 Å². The third kappa shape index (κ3) is 5.94. The minimum Gasteiger partial charge on any atom is -0.505 e. The number of pyridine rings is 1. The number of hydrogen-bond donors (Lipinski definition) is 4. The number of carbonyl (C=O) groups is 2. The average Bonchev–Trinajstić information content (AvgIpc) is 2.76. The SMILES string of the molecule is CCOC(=O)C[C@H](NC(=O)Nc1c(O)cc[nH]c1=O)c1cccc(-c2ccc(F)cc2F)c1. The number of carbonyl (C=O) groups excluding carboxylic acids is 2. The smallest absolute Gasteiger partial charge is 0.319 e. The van der Waals surface area contributed by atoms with E-state index in [9.17, 15) is 28.3 Å². The normalized spacial score (nSPS) is 11.5. The molecule has 0 radical (unpaired) electrons. The number of rotatable bonds is 7. The Bertz CT molecular complexity index is 1230. The number of benzene rings is 2. The number of H-pyrrole nitrogens is 1. The highest BCUT2D eigenvalue weighted by molar-refractivity contribution is 5.91. The number of halogens is 2. The van der Waals surface area contributed by atoms with Crippen molar-refractivity contribution >= 4 is 17.7 Å². The number of aromatic amines is 1. The van der Waals surface area contributed by atoms with Crippen molar-refractivity contribution in [3.05, 3.63) is 82.3 Å². The van der Waals surface area contributed by atoms with E-state index in [2.05, 4.69) is 15.6 Å². The summed E-state index contributed by atoms with van der Waals surface area (Å²) >= 11 is 0. The highest BCUT2D eigenvalue weighted by Crippen LogP contribution is 2.28. The minimum atomic E-state index is -0.919. The van der Waals surface area contributed by atoms with Gasteiger partial charge in [0.05, 0.1) is 19.1 Å². The van der Waals surface area contributed by atoms with Crippen molar-refractivity contribution < 1.29 is 28.2 Å². The van der Waals surface area contributed by atoms with E-state index in [1.807, 2.05) is 0 Å². The standard InChI is InChI=1S/C23H21F2N3O5/c1-2-33-20(30)12-18(27-23(32)28-21-19(29)8-9-26-22(21)31)14-5-3-4-13(10-14)16-7-6-15(24)11-17(16)25/h3-11,18H,2,12H2,1H3,(H2,26,29,31)(H2,27,28,32)/t18-/m0/s1. The number of urea groups is 1. The van der Waals surface area contributed by atoms with Crippen LogP contribution in [-0.4, -0.2) is 28.7 Å². The Morgan fingerprint density at radius 1 is 1.15 bits per heavy atom. The minimum absolute atomic E-state index is 0.131. The van der Waals surface area contributed by atoms with Crippen LogP contribution < -0.4 is 16.2 Å². The van der Waals surface area contributed by atoms with Crippen LogP contribution in [0.4, 0.5) is 19.3 Å². The molecule has 0 spiro atoms. The van der Waals surface area contributed by atoms with Gasteiger partial charge in [0.15, 0.2) is 5.69 Å². The van der Waals surface area contributed by atoms with E-state index in [0.717, 1.165) is 12.1 Å². The molecule has 2 aromatic carbocycles. The van der Waals surface area contributed by atoms with Gasteiger partial charge in [-0.1, -0.05) is 18.2 Å². The third-order valence-corrected chi connectivity index (χ3v) is 4.69. The van der Waals surface area contributed by atoms with Crippen LogP contribution in [0.1, 0.15) is 24.9 Å². The molecule has 1 atom stereocenters. The predicted octanol–water partition coefficient (Wildman–Crippen LogP) is 3.84. The van der Waals surface area contributed by atoms with Crippen molar-refractivity contribution in [2.24, 2.45) is 0 Å². The predicted molar refractivity (Wildman–Crippen MR) is 117 cm³/mol. The molecule has 3 aromatic rings. The number of aromatic hydroxyl groups is 1. The van der Waals surface area contributed by atoms with Gasteiger partial charge in [0.2, 0.25) is 0 Å². The van der Waals surface area contributed by atoms with Crippen LogP contribution in [0.5, 0.6) is 5.75 Å². The molecule has 0 saturated heterocycles. The molecule has 0 fully saturated rings. The fourth-order valence-electron chi connectivity index (χ4n) is 3.18. The number of hydrogen-bond acceptors (Lipinski definition) is 5. The van der Waals surface area contributed by atoms with E-state index in [0.29, 0.717) is 11.1 Å². The van der Waals surface area contributed by atoms with Gasteiger partial charge in [-0.3, -0.25) is 9.59 Å². The van der Waals surface area contributed by atoms with Crippen molar-refractivity contribution in [3.8, 4) is 16.9 Å². The largest absolute Gasteiger partial charge is 0.505 e. The van der Waals surface area contributed by atoms with Crippen LogP contribution in [0, 0.1) is 11.6 Å². The van der Waals surface area contributed by atoms with Gasteiger partial charge in [0, 0.05) is 17.8 Å². The first kappa shape index (κ1) is 23.5. The van der Waals surface area contributed by atoms with Crippen molar-refractivity contribution in [1.82, 2.24) is 10.3 Å². The zero-order chi connectivity index (χ0) is 24.0. The molecule has 4 N–H and O–H groups in total. The number of nitrogens with one attached hydrogen (secondary N) is 3. The molecule has 1 heterocycles. The maximum absolute atomic E-state index is 14.3. The van der Waals surface area contributed by atoms with Gasteiger partial charge >= 0.3 is 12.0 Å². The first-order valence-corrected chi connectivity index (χ1v) is 9.97. The van der Waals surface area contributed by atoms with Gasteiger partial charge in [-0.05, 0) is 42.3 Å². The Kier molecular flexibility index (Phi) is 7.39. The van der Waals surface area contributed by atoms with Gasteiger partial charge in [0.25, 0.3) is 5.56 Å². The zero-order valence-corrected chi connectivity index (χ0v) is 17.5. The monoisotopic (exact) mass is 457 g/mol. The summed E-state index contributed by atoms with van der Waals surface area (Å²) in [5, 5.41) is 14.6. The fraction of sp³-hybridized carbons (Fsp3) is 0.174. The third-order valence-electron chi connectivity index (χ3n) is 4.69. The average molecular weight is 457 g/mol. The number of amides is 2. The van der Waals surface area contributed by atoms with Crippen LogP contribution in [0.2, 0.25) is 0 Å². The van der Waals surface area contributed by atoms with Crippen LogP contribution in [0.25, 0.3) is 11.1 Å². The summed E-state index contributed by atoms with van der Waals surface area (Å²) in [6, 6.07) is 8.93. The number of ether oxygens (including phenoxy) is 1. The molecule has 8 nitrogen and oxygen atoms in total. The van der Waals surface area contributed by atoms with E-state index >= 15 is 0 Å². The fourth-order valence-corrected chi connectivity index (χ4v) is 3.18. The molecule has 0 aliphatic rings. The molecular formula is C23H21F2N3O5. The number of anilines is 1. The summed E-state index contributed by atoms with van der Waals surface area (Å²) in [6.07, 6.45) is 0.956. The lowest BCUT2D eigenvalue weighted by Crippen LogP contribution is -2.35. The quantitative estimate of drug-likeness (QED) is 0.402. The summed E-state index contributed by atoms with van der Waals surface area (Å²) in [7, 11) is 0. The first-order valence-electron chi connectivity index (χ1n) is 9.97. The summed E-state index contributed by atoms with van der Waals surface area (Å²) in [5.41, 5.74) is -0.116. The molecule has 0 aliphatic carbocycles. The highest BCUT2D eigenvalue weighted by Gasteiger charge is 2.21. The van der Waals surface area contributed by atoms with Gasteiger partial charge < -0.3 is 25.5 Å². The summed E-state index contributed by atoms with van der Waals surface area (Å²) in [5.74, 6) is -2.52. The van der Waals surface area contributed by atoms with Crippen LogP contribution in [0.3, 0.4) is 0 Å². The van der Waals surface area contributed by atoms with Gasteiger partial charge in [-0.25, -0.2) is 13.6 Å². The van der Waals surface area contributed by atoms with E-state index in [1.165, 1.54) is 18.3 Å². The molecule has 2 amide bonds. The Morgan fingerprint density at radius 3 is 2.64 bits per heavy atom. The molecule has 3 rings (SSSR count). The number of esters is 1. The second-order valence-electron chi connectivity index (χ2n) is 6.98. The van der Waals surface area contributed by atoms with E-state index in [1.54, 1.807) is 31.2 Å². The highest BCUT2D eigenvalue weighted by atomic mass is 19.1. The first-order chi connectivity index (χ1) is 15.8. The lowest BCUT2D eigenvalue weighted by atomic mass is 9.97. The summed E-state index contributed by atoms with van der Waals surface area (Å²) < 4.78 is 32.5. The summed E-state index contributed by atoms with van der Waals surface area (Å²) in [4.78, 5) is 38.9. The molecule has 33 heavy (non-hydrogen) atoms. The molecule has 10 heteroatoms. The molecule has 172 valence electrons. The van der Waals surface area contributed by atoms with Crippen LogP contribution in [0.15, 0.2) is 59.5 Å². The van der Waals surface area contributed by atoms with Crippen molar-refractivity contribution in [2.75, 3.05) is 11.9 Å². The molecule has 1 aromatic heterocycles. The number of aromatic nitrogens is 1. The second kappa shape index (κ2) is 10.4. The van der Waals surface area contributed by atoms with Gasteiger partial charge in [-0.2, -0.15) is 0 Å². The van der Waals surface area contributed by atoms with Crippen molar-refractivity contribution in [2.45, 2.75) is 19.4 Å². The maximum atomic E-state index is 14.3. The lowest BCUT2D eigenvalue weighted by molar-refractivity contribution is -0.143. The van der Waals surface area contributed by atoms with Crippen molar-refractivity contribution in [1.29, 1.82) is 0 Å². The van der Waals surface area contributed by atoms with Crippen LogP contribution in [-0.2, 0) is 9.53 Å². The van der Waals surface area contributed by atoms with E-state index in [4.69, 9.17) is 4.74 Å². The maximum Gasteiger partial charge on any atom is 0.319 e. The molecule has 0 saturated carbocycles. The molecular weight excluding hydrogens is 436 g/mol. The second-order valence-corrected chi connectivity index (χ2v) is 6.98.